The summed E-state index contributed by atoms with van der Waals surface area (Å²) in [6.45, 7) is 9.12. The van der Waals surface area contributed by atoms with Gasteiger partial charge in [-0.25, -0.2) is 0 Å². The van der Waals surface area contributed by atoms with Crippen molar-refractivity contribution in [2.24, 2.45) is 5.92 Å². The molecule has 3 aromatic rings. The third-order valence-corrected chi connectivity index (χ3v) is 5.61. The molecule has 0 saturated carbocycles. The number of carbonyl (C=O) groups is 2. The molecule has 3 aromatic carbocycles. The molecule has 0 fully saturated rings. The summed E-state index contributed by atoms with van der Waals surface area (Å²) in [6, 6.07) is 26.8. The van der Waals surface area contributed by atoms with E-state index in [4.69, 9.17) is 4.74 Å². The zero-order valence-corrected chi connectivity index (χ0v) is 20.5. The zero-order valence-electron chi connectivity index (χ0n) is 20.5. The minimum absolute atomic E-state index is 0.0822. The van der Waals surface area contributed by atoms with E-state index in [2.05, 4.69) is 6.58 Å². The van der Waals surface area contributed by atoms with Crippen LogP contribution in [0.5, 0.6) is 0 Å². The van der Waals surface area contributed by atoms with Gasteiger partial charge >= 0.3 is 5.97 Å². The molecule has 0 aromatic heterocycles. The molecule has 0 heterocycles. The van der Waals surface area contributed by atoms with Crippen LogP contribution in [0.3, 0.4) is 0 Å². The number of esters is 1. The van der Waals surface area contributed by atoms with Gasteiger partial charge in [0.1, 0.15) is 11.2 Å². The van der Waals surface area contributed by atoms with E-state index < -0.39 is 23.1 Å². The molecule has 0 saturated heterocycles. The van der Waals surface area contributed by atoms with Crippen LogP contribution in [-0.2, 0) is 15.1 Å². The molecular weight excluding hydrogens is 436 g/mol. The van der Waals surface area contributed by atoms with Gasteiger partial charge in [-0.3, -0.25) is 9.59 Å². The summed E-state index contributed by atoms with van der Waals surface area (Å²) < 4.78 is 5.72. The lowest BCUT2D eigenvalue weighted by Gasteiger charge is -2.38. The van der Waals surface area contributed by atoms with Crippen molar-refractivity contribution in [1.82, 2.24) is 0 Å². The fourth-order valence-corrected chi connectivity index (χ4v) is 4.02. The summed E-state index contributed by atoms with van der Waals surface area (Å²) in [6.07, 6.45) is 3.33. The molecule has 0 unspecified atom stereocenters. The van der Waals surface area contributed by atoms with Gasteiger partial charge in [-0.15, -0.1) is 6.58 Å². The lowest BCUT2D eigenvalue weighted by atomic mass is 9.71. The number of carbonyl (C=O) groups excluding carboxylic acids is 2. The summed E-state index contributed by atoms with van der Waals surface area (Å²) in [5.74, 6) is -2.09. The predicted molar refractivity (Wildman–Crippen MR) is 140 cm³/mol. The van der Waals surface area contributed by atoms with Gasteiger partial charge in [0.2, 0.25) is 0 Å². The second-order valence-corrected chi connectivity index (χ2v) is 9.41. The van der Waals surface area contributed by atoms with E-state index in [0.717, 1.165) is 5.56 Å². The van der Waals surface area contributed by atoms with Gasteiger partial charge in [0.05, 0.1) is 5.92 Å². The van der Waals surface area contributed by atoms with Crippen molar-refractivity contribution >= 4 is 17.8 Å². The smallest absolute Gasteiger partial charge is 0.313 e. The molecule has 4 nitrogen and oxygen atoms in total. The number of benzene rings is 3. The fraction of sp³-hybridized carbons (Fsp3) is 0.226. The number of rotatable bonds is 9. The lowest BCUT2D eigenvalue weighted by molar-refractivity contribution is -0.168. The Bertz CT molecular complexity index is 1170. The third-order valence-electron chi connectivity index (χ3n) is 5.61. The van der Waals surface area contributed by atoms with Crippen molar-refractivity contribution in [3.63, 3.8) is 0 Å². The van der Waals surface area contributed by atoms with Crippen LogP contribution in [0.25, 0.3) is 6.08 Å². The number of Topliss-reactive ketones (excluding diaryl/α,β-unsaturated/α-hetero) is 1. The maximum Gasteiger partial charge on any atom is 0.313 e. The van der Waals surface area contributed by atoms with Crippen LogP contribution in [0.4, 0.5) is 0 Å². The number of hydrogen-bond donors (Lipinski definition) is 1. The van der Waals surface area contributed by atoms with Gasteiger partial charge in [0.25, 0.3) is 0 Å². The van der Waals surface area contributed by atoms with Crippen molar-refractivity contribution in [2.75, 3.05) is 0 Å². The Morgan fingerprint density at radius 2 is 1.40 bits per heavy atom. The van der Waals surface area contributed by atoms with E-state index in [1.165, 1.54) is 0 Å². The van der Waals surface area contributed by atoms with E-state index in [-0.39, 0.29) is 17.8 Å². The Balaban J connectivity index is 2.32. The van der Waals surface area contributed by atoms with Gasteiger partial charge in [-0.2, -0.15) is 0 Å². The van der Waals surface area contributed by atoms with E-state index in [1.807, 2.05) is 42.5 Å². The molecule has 180 valence electrons. The fourth-order valence-electron chi connectivity index (χ4n) is 4.02. The average Bonchev–Trinajstić information content (AvgIpc) is 2.85. The first-order valence-electron chi connectivity index (χ1n) is 11.7. The molecule has 1 N–H and O–H groups in total. The van der Waals surface area contributed by atoms with Gasteiger partial charge in [-0.1, -0.05) is 97.1 Å². The maximum atomic E-state index is 14.0. The number of ether oxygens (including phenoxy) is 1. The Morgan fingerprint density at radius 3 is 1.91 bits per heavy atom. The minimum atomic E-state index is -1.99. The van der Waals surface area contributed by atoms with Gasteiger partial charge < -0.3 is 9.84 Å². The Kier molecular flexibility index (Phi) is 8.21. The Labute approximate surface area is 207 Å². The normalized spacial score (nSPS) is 14.5. The standard InChI is InChI=1S/C31H32O4/c1-5-15-26(29(33)35-30(2,3)4)31(34,25-20-13-8-14-21-25)27(22-23-16-9-6-10-17-23)28(32)24-18-11-7-12-19-24/h5-14,16-22,26,34H,1,15H2,2-4H3/b27-22+/t26-,31-/m0/s1. The highest BCUT2D eigenvalue weighted by molar-refractivity contribution is 6.13. The number of hydrogen-bond acceptors (Lipinski definition) is 4. The molecular formula is C31H32O4. The third kappa shape index (κ3) is 6.23. The quantitative estimate of drug-likeness (QED) is 0.171. The molecule has 4 heteroatoms. The predicted octanol–water partition coefficient (Wildman–Crippen LogP) is 6.37. The monoisotopic (exact) mass is 468 g/mol. The van der Waals surface area contributed by atoms with Crippen molar-refractivity contribution < 1.29 is 19.4 Å². The molecule has 0 bridgehead atoms. The first-order chi connectivity index (χ1) is 16.7. The summed E-state index contributed by atoms with van der Waals surface area (Å²) >= 11 is 0. The summed E-state index contributed by atoms with van der Waals surface area (Å²) in [5, 5.41) is 12.6. The molecule has 0 radical (unpaired) electrons. The van der Waals surface area contributed by atoms with Gasteiger partial charge in [0, 0.05) is 11.1 Å². The maximum absolute atomic E-state index is 14.0. The van der Waals surface area contributed by atoms with Gasteiger partial charge in [-0.05, 0) is 44.4 Å². The number of ketones is 1. The molecule has 0 aliphatic carbocycles. The molecule has 3 rings (SSSR count). The van der Waals surface area contributed by atoms with Crippen LogP contribution in [-0.4, -0.2) is 22.5 Å². The van der Waals surface area contributed by atoms with Crippen LogP contribution in [0.2, 0.25) is 0 Å². The van der Waals surface area contributed by atoms with Crippen molar-refractivity contribution in [1.29, 1.82) is 0 Å². The van der Waals surface area contributed by atoms with E-state index in [9.17, 15) is 14.7 Å². The second kappa shape index (κ2) is 11.1. The summed E-state index contributed by atoms with van der Waals surface area (Å²) in [4.78, 5) is 27.5. The zero-order chi connectivity index (χ0) is 25.5. The van der Waals surface area contributed by atoms with Crippen molar-refractivity contribution in [2.45, 2.75) is 38.4 Å². The van der Waals surface area contributed by atoms with E-state index in [0.29, 0.717) is 11.1 Å². The van der Waals surface area contributed by atoms with Crippen LogP contribution in [0.15, 0.2) is 109 Å². The molecule has 35 heavy (non-hydrogen) atoms. The lowest BCUT2D eigenvalue weighted by Crippen LogP contribution is -2.46. The first kappa shape index (κ1) is 25.9. The number of allylic oxidation sites excluding steroid dienone is 1. The average molecular weight is 469 g/mol. The number of aliphatic hydroxyl groups is 1. The molecule has 2 atom stereocenters. The summed E-state index contributed by atoms with van der Waals surface area (Å²) in [7, 11) is 0. The second-order valence-electron chi connectivity index (χ2n) is 9.41. The highest BCUT2D eigenvalue weighted by atomic mass is 16.6. The SMILES string of the molecule is C=CC[C@@H](C(=O)OC(C)(C)C)[C@](O)(/C(=C/c1ccccc1)C(=O)c1ccccc1)c1ccccc1. The van der Waals surface area contributed by atoms with Crippen LogP contribution >= 0.6 is 0 Å². The highest BCUT2D eigenvalue weighted by Crippen LogP contribution is 2.42. The molecule has 0 aliphatic rings. The van der Waals surface area contributed by atoms with Crippen LogP contribution in [0, 0.1) is 5.92 Å². The topological polar surface area (TPSA) is 63.6 Å². The van der Waals surface area contributed by atoms with Crippen LogP contribution < -0.4 is 0 Å². The largest absolute Gasteiger partial charge is 0.460 e. The Hall–Kier alpha value is -3.76. The first-order valence-corrected chi connectivity index (χ1v) is 11.7. The van der Waals surface area contributed by atoms with Crippen molar-refractivity contribution in [3.8, 4) is 0 Å². The minimum Gasteiger partial charge on any atom is -0.460 e. The van der Waals surface area contributed by atoms with E-state index in [1.54, 1.807) is 81.5 Å². The van der Waals surface area contributed by atoms with Crippen molar-refractivity contribution in [3.05, 3.63) is 126 Å². The summed E-state index contributed by atoms with van der Waals surface area (Å²) in [5.41, 5.74) is -1.13. The van der Waals surface area contributed by atoms with Gasteiger partial charge in [0.15, 0.2) is 5.78 Å². The molecule has 0 amide bonds. The highest BCUT2D eigenvalue weighted by Gasteiger charge is 2.49. The molecule has 0 spiro atoms. The molecule has 0 aliphatic heterocycles. The van der Waals surface area contributed by atoms with Crippen LogP contribution in [0.1, 0.15) is 48.7 Å². The Morgan fingerprint density at radius 1 is 0.886 bits per heavy atom. The van der Waals surface area contributed by atoms with E-state index >= 15 is 0 Å².